The zero-order valence-corrected chi connectivity index (χ0v) is 10.5. The average molecular weight is 247 g/mol. The van der Waals surface area contributed by atoms with Crippen molar-refractivity contribution in [2.45, 2.75) is 26.3 Å². The second-order valence-corrected chi connectivity index (χ2v) is 4.28. The normalized spacial score (nSPS) is 10.8. The van der Waals surface area contributed by atoms with Crippen LogP contribution in [0.2, 0.25) is 0 Å². The maximum absolute atomic E-state index is 5.74. The minimum atomic E-state index is 0.254. The predicted molar refractivity (Wildman–Crippen MR) is 69.0 cm³/mol. The Morgan fingerprint density at radius 1 is 1.39 bits per heavy atom. The molecule has 0 aliphatic rings. The lowest BCUT2D eigenvalue weighted by molar-refractivity contribution is 0.608. The van der Waals surface area contributed by atoms with Gasteiger partial charge in [-0.3, -0.25) is 4.68 Å². The monoisotopic (exact) mass is 247 g/mol. The summed E-state index contributed by atoms with van der Waals surface area (Å²) in [5.41, 5.74) is 5.74. The van der Waals surface area contributed by atoms with E-state index >= 15 is 0 Å². The van der Waals surface area contributed by atoms with Crippen LogP contribution in [-0.2, 0) is 6.54 Å². The molecule has 2 heterocycles. The van der Waals surface area contributed by atoms with Gasteiger partial charge in [-0.25, -0.2) is 9.97 Å². The van der Waals surface area contributed by atoms with Gasteiger partial charge in [-0.15, -0.1) is 5.10 Å². The first-order valence-electron chi connectivity index (χ1n) is 5.87. The zero-order chi connectivity index (χ0) is 13.0. The number of rotatable bonds is 5. The van der Waals surface area contributed by atoms with Crippen molar-refractivity contribution in [3.63, 3.8) is 0 Å². The largest absolute Gasteiger partial charge is 0.384 e. The molecule has 3 N–H and O–H groups in total. The third-order valence-corrected chi connectivity index (χ3v) is 2.40. The van der Waals surface area contributed by atoms with Crippen LogP contribution in [0.3, 0.4) is 0 Å². The molecule has 0 aliphatic carbocycles. The fourth-order valence-corrected chi connectivity index (χ4v) is 1.48. The Labute approximate surface area is 105 Å². The van der Waals surface area contributed by atoms with Gasteiger partial charge in [-0.2, -0.15) is 0 Å². The second kappa shape index (κ2) is 5.44. The van der Waals surface area contributed by atoms with Gasteiger partial charge in [0.25, 0.3) is 0 Å². The standard InChI is InChI=1S/C11H17N7/c1-8(2)11-15-9(12)7-10(16-11)13-3-5-18-6-4-14-17-18/h4,6-8H,3,5H2,1-2H3,(H3,12,13,15,16). The van der Waals surface area contributed by atoms with Crippen molar-refractivity contribution in [2.24, 2.45) is 0 Å². The Kier molecular flexibility index (Phi) is 3.71. The van der Waals surface area contributed by atoms with Crippen molar-refractivity contribution in [3.05, 3.63) is 24.3 Å². The van der Waals surface area contributed by atoms with Gasteiger partial charge in [-0.1, -0.05) is 19.1 Å². The first-order valence-corrected chi connectivity index (χ1v) is 5.87. The summed E-state index contributed by atoms with van der Waals surface area (Å²) in [4.78, 5) is 8.59. The summed E-state index contributed by atoms with van der Waals surface area (Å²) in [6.07, 6.45) is 3.47. The molecule has 7 heteroatoms. The number of hydrogen-bond acceptors (Lipinski definition) is 6. The number of nitrogens with two attached hydrogens (primary N) is 1. The van der Waals surface area contributed by atoms with E-state index in [9.17, 15) is 0 Å². The average Bonchev–Trinajstić information content (AvgIpc) is 2.81. The van der Waals surface area contributed by atoms with Gasteiger partial charge >= 0.3 is 0 Å². The number of nitrogens with one attached hydrogen (secondary N) is 1. The Hall–Kier alpha value is -2.18. The van der Waals surface area contributed by atoms with Crippen LogP contribution in [0.25, 0.3) is 0 Å². The highest BCUT2D eigenvalue weighted by molar-refractivity contribution is 5.44. The summed E-state index contributed by atoms with van der Waals surface area (Å²) < 4.78 is 1.75. The molecule has 0 saturated heterocycles. The van der Waals surface area contributed by atoms with E-state index < -0.39 is 0 Å². The van der Waals surface area contributed by atoms with E-state index in [1.165, 1.54) is 0 Å². The molecule has 0 radical (unpaired) electrons. The zero-order valence-electron chi connectivity index (χ0n) is 10.5. The smallest absolute Gasteiger partial charge is 0.135 e. The Morgan fingerprint density at radius 3 is 2.89 bits per heavy atom. The van der Waals surface area contributed by atoms with Crippen molar-refractivity contribution >= 4 is 11.6 Å². The summed E-state index contributed by atoms with van der Waals surface area (Å²) in [5.74, 6) is 2.23. The molecular weight excluding hydrogens is 230 g/mol. The van der Waals surface area contributed by atoms with Crippen molar-refractivity contribution in [2.75, 3.05) is 17.6 Å². The number of nitrogen functional groups attached to an aromatic ring is 1. The SMILES string of the molecule is CC(C)c1nc(N)cc(NCCn2ccnn2)n1. The highest BCUT2D eigenvalue weighted by Crippen LogP contribution is 2.14. The van der Waals surface area contributed by atoms with E-state index in [0.717, 1.165) is 18.2 Å². The number of hydrogen-bond donors (Lipinski definition) is 2. The molecule has 0 aliphatic heterocycles. The molecule has 0 amide bonds. The van der Waals surface area contributed by atoms with Crippen LogP contribution in [0.4, 0.5) is 11.6 Å². The second-order valence-electron chi connectivity index (χ2n) is 4.28. The van der Waals surface area contributed by atoms with E-state index in [4.69, 9.17) is 5.73 Å². The lowest BCUT2D eigenvalue weighted by Gasteiger charge is -2.09. The third kappa shape index (κ3) is 3.16. The number of aromatic nitrogens is 5. The summed E-state index contributed by atoms with van der Waals surface area (Å²) in [6.45, 7) is 5.50. The molecule has 0 atom stereocenters. The lowest BCUT2D eigenvalue weighted by atomic mass is 10.2. The molecule has 0 unspecified atom stereocenters. The molecule has 96 valence electrons. The molecule has 2 aromatic heterocycles. The predicted octanol–water partition coefficient (Wildman–Crippen LogP) is 0.886. The third-order valence-electron chi connectivity index (χ3n) is 2.40. The van der Waals surface area contributed by atoms with Gasteiger partial charge in [0, 0.05) is 24.7 Å². The van der Waals surface area contributed by atoms with Crippen molar-refractivity contribution < 1.29 is 0 Å². The summed E-state index contributed by atoms with van der Waals surface area (Å²) in [5, 5.41) is 10.8. The van der Waals surface area contributed by atoms with Crippen molar-refractivity contribution in [3.8, 4) is 0 Å². The van der Waals surface area contributed by atoms with Gasteiger partial charge < -0.3 is 11.1 Å². The number of anilines is 2. The van der Waals surface area contributed by atoms with E-state index in [1.54, 1.807) is 16.9 Å². The lowest BCUT2D eigenvalue weighted by Crippen LogP contribution is -2.13. The highest BCUT2D eigenvalue weighted by Gasteiger charge is 2.06. The molecular formula is C11H17N7. The van der Waals surface area contributed by atoms with Crippen molar-refractivity contribution in [1.82, 2.24) is 25.0 Å². The van der Waals surface area contributed by atoms with E-state index in [2.05, 4.69) is 25.6 Å². The fourth-order valence-electron chi connectivity index (χ4n) is 1.48. The van der Waals surface area contributed by atoms with Gasteiger partial charge in [-0.05, 0) is 0 Å². The van der Waals surface area contributed by atoms with Gasteiger partial charge in [0.05, 0.1) is 12.7 Å². The Morgan fingerprint density at radius 2 is 2.22 bits per heavy atom. The maximum atomic E-state index is 5.74. The van der Waals surface area contributed by atoms with Crippen LogP contribution in [0.15, 0.2) is 18.5 Å². The first-order chi connectivity index (χ1) is 8.65. The first kappa shape index (κ1) is 12.3. The van der Waals surface area contributed by atoms with E-state index in [1.807, 2.05) is 20.0 Å². The summed E-state index contributed by atoms with van der Waals surface area (Å²) in [6, 6.07) is 1.73. The van der Waals surface area contributed by atoms with Crippen LogP contribution in [0.5, 0.6) is 0 Å². The van der Waals surface area contributed by atoms with Gasteiger partial charge in [0.2, 0.25) is 0 Å². The van der Waals surface area contributed by atoms with Crippen LogP contribution in [-0.4, -0.2) is 31.5 Å². The Bertz CT molecular complexity index is 492. The van der Waals surface area contributed by atoms with Crippen LogP contribution in [0, 0.1) is 0 Å². The molecule has 7 nitrogen and oxygen atoms in total. The molecule has 0 spiro atoms. The molecule has 0 fully saturated rings. The molecule has 0 aromatic carbocycles. The molecule has 18 heavy (non-hydrogen) atoms. The van der Waals surface area contributed by atoms with Gasteiger partial charge in [0.1, 0.15) is 17.5 Å². The quantitative estimate of drug-likeness (QED) is 0.814. The van der Waals surface area contributed by atoms with Crippen molar-refractivity contribution in [1.29, 1.82) is 0 Å². The fraction of sp³-hybridized carbons (Fsp3) is 0.455. The minimum absolute atomic E-state index is 0.254. The van der Waals surface area contributed by atoms with Crippen LogP contribution < -0.4 is 11.1 Å². The minimum Gasteiger partial charge on any atom is -0.384 e. The van der Waals surface area contributed by atoms with Gasteiger partial charge in [0.15, 0.2) is 0 Å². The maximum Gasteiger partial charge on any atom is 0.135 e. The molecule has 2 rings (SSSR count). The van der Waals surface area contributed by atoms with Crippen LogP contribution >= 0.6 is 0 Å². The van der Waals surface area contributed by atoms with Crippen LogP contribution in [0.1, 0.15) is 25.6 Å². The van der Waals surface area contributed by atoms with E-state index in [0.29, 0.717) is 12.4 Å². The van der Waals surface area contributed by atoms with E-state index in [-0.39, 0.29) is 5.92 Å². The molecule has 0 bridgehead atoms. The summed E-state index contributed by atoms with van der Waals surface area (Å²) in [7, 11) is 0. The topological polar surface area (TPSA) is 94.5 Å². The molecule has 2 aromatic rings. The highest BCUT2D eigenvalue weighted by atomic mass is 15.4. The number of nitrogens with zero attached hydrogens (tertiary/aromatic N) is 5. The molecule has 0 saturated carbocycles. The Balaban J connectivity index is 1.96. The summed E-state index contributed by atoms with van der Waals surface area (Å²) >= 11 is 0.